The van der Waals surface area contributed by atoms with Crippen molar-refractivity contribution in [3.8, 4) is 0 Å². The van der Waals surface area contributed by atoms with Crippen molar-refractivity contribution in [3.63, 3.8) is 0 Å². The second kappa shape index (κ2) is 7.90. The largest absolute Gasteiger partial charge is 0.465 e. The molecule has 0 radical (unpaired) electrons. The number of rotatable bonds is 4. The summed E-state index contributed by atoms with van der Waals surface area (Å²) in [6.45, 7) is 3.77. The zero-order valence-electron chi connectivity index (χ0n) is 18.3. The molecule has 33 heavy (non-hydrogen) atoms. The van der Waals surface area contributed by atoms with Crippen molar-refractivity contribution >= 4 is 29.2 Å². The highest BCUT2D eigenvalue weighted by Gasteiger charge is 2.61. The normalized spacial score (nSPS) is 22.1. The molecule has 0 saturated carbocycles. The quantitative estimate of drug-likeness (QED) is 0.446. The Labute approximate surface area is 190 Å². The number of hydrogen-bond acceptors (Lipinski definition) is 7. The van der Waals surface area contributed by atoms with Crippen molar-refractivity contribution in [3.05, 3.63) is 83.3 Å². The first-order valence-electron chi connectivity index (χ1n) is 10.5. The van der Waals surface area contributed by atoms with Gasteiger partial charge in [0.1, 0.15) is 23.5 Å². The number of carbonyl (C=O) groups excluding carboxylic acids is 3. The summed E-state index contributed by atoms with van der Waals surface area (Å²) in [6, 6.07) is 16.8. The van der Waals surface area contributed by atoms with Gasteiger partial charge < -0.3 is 9.15 Å². The molecule has 8 heteroatoms. The van der Waals surface area contributed by atoms with Gasteiger partial charge >= 0.3 is 5.97 Å². The molecule has 0 spiro atoms. The molecule has 2 fully saturated rings. The number of nitrogens with zero attached hydrogens (tertiary/aromatic N) is 2. The number of aryl methyl sites for hydroxylation is 2. The van der Waals surface area contributed by atoms with Crippen molar-refractivity contribution in [1.82, 2.24) is 0 Å². The number of methoxy groups -OCH3 is 1. The Morgan fingerprint density at radius 3 is 2.30 bits per heavy atom. The molecule has 3 aromatic rings. The summed E-state index contributed by atoms with van der Waals surface area (Å²) in [4.78, 5) is 45.9. The molecule has 0 N–H and O–H groups in total. The average Bonchev–Trinajstić information content (AvgIpc) is 3.48. The predicted octanol–water partition coefficient (Wildman–Crippen LogP) is 3.73. The van der Waals surface area contributed by atoms with Crippen LogP contribution in [0.1, 0.15) is 33.5 Å². The molecule has 0 aliphatic carbocycles. The van der Waals surface area contributed by atoms with Gasteiger partial charge in [0.2, 0.25) is 5.91 Å². The number of furan rings is 1. The zero-order chi connectivity index (χ0) is 23.3. The highest BCUT2D eigenvalue weighted by atomic mass is 16.7. The van der Waals surface area contributed by atoms with Gasteiger partial charge in [0, 0.05) is 0 Å². The van der Waals surface area contributed by atoms with E-state index < -0.39 is 29.9 Å². The van der Waals surface area contributed by atoms with Crippen LogP contribution in [-0.4, -0.2) is 31.0 Å². The summed E-state index contributed by atoms with van der Waals surface area (Å²) in [5, 5.41) is 1.62. The Balaban J connectivity index is 1.53. The van der Waals surface area contributed by atoms with Crippen LogP contribution in [0, 0.1) is 19.8 Å². The Bertz CT molecular complexity index is 1250. The minimum absolute atomic E-state index is 0.325. The monoisotopic (exact) mass is 446 g/mol. The molecule has 2 saturated heterocycles. The molecular weight excluding hydrogens is 424 g/mol. The number of amides is 2. The van der Waals surface area contributed by atoms with Crippen LogP contribution >= 0.6 is 0 Å². The summed E-state index contributed by atoms with van der Waals surface area (Å²) in [5.41, 5.74) is 2.40. The summed E-state index contributed by atoms with van der Waals surface area (Å²) in [7, 11) is 1.29. The van der Waals surface area contributed by atoms with Gasteiger partial charge in [0.05, 0.1) is 24.0 Å². The molecule has 3 heterocycles. The molecule has 1 aromatic heterocycles. The first-order chi connectivity index (χ1) is 15.9. The third-order valence-corrected chi connectivity index (χ3v) is 6.07. The summed E-state index contributed by atoms with van der Waals surface area (Å²) >= 11 is 0. The van der Waals surface area contributed by atoms with E-state index in [4.69, 9.17) is 14.0 Å². The Hall–Kier alpha value is -3.91. The third kappa shape index (κ3) is 3.30. The molecule has 5 rings (SSSR count). The van der Waals surface area contributed by atoms with Crippen LogP contribution in [-0.2, 0) is 19.2 Å². The van der Waals surface area contributed by atoms with E-state index in [0.717, 1.165) is 16.2 Å². The van der Waals surface area contributed by atoms with E-state index >= 15 is 0 Å². The first-order valence-corrected chi connectivity index (χ1v) is 10.5. The lowest BCUT2D eigenvalue weighted by molar-refractivity contribution is -0.126. The molecule has 3 atom stereocenters. The lowest BCUT2D eigenvalue weighted by atomic mass is 9.94. The summed E-state index contributed by atoms with van der Waals surface area (Å²) in [6.07, 6.45) is -0.993. The molecule has 8 nitrogen and oxygen atoms in total. The van der Waals surface area contributed by atoms with Crippen molar-refractivity contribution in [1.29, 1.82) is 0 Å². The zero-order valence-corrected chi connectivity index (χ0v) is 18.3. The Morgan fingerprint density at radius 1 is 0.939 bits per heavy atom. The van der Waals surface area contributed by atoms with Gasteiger partial charge in [-0.2, -0.15) is 0 Å². The van der Waals surface area contributed by atoms with E-state index in [2.05, 4.69) is 0 Å². The minimum atomic E-state index is -0.993. The minimum Gasteiger partial charge on any atom is -0.465 e. The lowest BCUT2D eigenvalue weighted by Crippen LogP contribution is -2.37. The number of hydroxylamine groups is 1. The van der Waals surface area contributed by atoms with Crippen molar-refractivity contribution in [2.45, 2.75) is 26.0 Å². The standard InChI is InChI=1S/C25H22N2O6/c1-14-6-4-5-7-18(14)27-21(19-13-8-15(2)32-19)20-22(33-27)24(29)26(23(20)28)17-11-9-16(10-12-17)25(30)31-3/h4-13,20-22H,1-3H3. The smallest absolute Gasteiger partial charge is 0.337 e. The number of imide groups is 1. The van der Waals surface area contributed by atoms with E-state index in [1.54, 1.807) is 17.2 Å². The van der Waals surface area contributed by atoms with Crippen LogP contribution in [0.4, 0.5) is 11.4 Å². The van der Waals surface area contributed by atoms with E-state index in [1.807, 2.05) is 50.2 Å². The molecule has 168 valence electrons. The van der Waals surface area contributed by atoms with Crippen molar-refractivity contribution in [2.24, 2.45) is 5.92 Å². The molecule has 2 aliphatic heterocycles. The maximum atomic E-state index is 13.6. The first kappa shape index (κ1) is 21.0. The van der Waals surface area contributed by atoms with Gasteiger partial charge in [-0.3, -0.25) is 14.4 Å². The third-order valence-electron chi connectivity index (χ3n) is 6.07. The molecule has 2 aromatic carbocycles. The van der Waals surface area contributed by atoms with Crippen molar-refractivity contribution in [2.75, 3.05) is 17.1 Å². The topological polar surface area (TPSA) is 89.3 Å². The highest BCUT2D eigenvalue weighted by molar-refractivity contribution is 6.24. The van der Waals surface area contributed by atoms with Gasteiger partial charge in [-0.1, -0.05) is 18.2 Å². The van der Waals surface area contributed by atoms with E-state index in [0.29, 0.717) is 22.8 Å². The second-order valence-electron chi connectivity index (χ2n) is 8.11. The predicted molar refractivity (Wildman–Crippen MR) is 118 cm³/mol. The number of esters is 1. The number of benzene rings is 2. The van der Waals surface area contributed by atoms with Crippen LogP contribution in [0.25, 0.3) is 0 Å². The molecule has 0 bridgehead atoms. The van der Waals surface area contributed by atoms with Gasteiger partial charge in [-0.05, 0) is 61.9 Å². The Kier molecular flexibility index (Phi) is 5.02. The fraction of sp³-hybridized carbons (Fsp3) is 0.240. The maximum absolute atomic E-state index is 13.6. The van der Waals surface area contributed by atoms with Gasteiger partial charge in [0.25, 0.3) is 5.91 Å². The molecule has 2 amide bonds. The molecule has 2 aliphatic rings. The fourth-order valence-corrected chi connectivity index (χ4v) is 4.45. The lowest BCUT2D eigenvalue weighted by Gasteiger charge is -2.28. The van der Waals surface area contributed by atoms with Crippen molar-refractivity contribution < 1.29 is 28.4 Å². The average molecular weight is 446 g/mol. The number of fused-ring (bicyclic) bond motifs is 1. The van der Waals surface area contributed by atoms with E-state index in [-0.39, 0.29) is 5.91 Å². The SMILES string of the molecule is COC(=O)c1ccc(N2C(=O)C3ON(c4ccccc4C)C(c4ccc(C)o4)C3C2=O)cc1. The van der Waals surface area contributed by atoms with Crippen LogP contribution in [0.15, 0.2) is 65.1 Å². The maximum Gasteiger partial charge on any atom is 0.337 e. The second-order valence-corrected chi connectivity index (χ2v) is 8.11. The van der Waals surface area contributed by atoms with Crippen LogP contribution in [0.2, 0.25) is 0 Å². The van der Waals surface area contributed by atoms with Gasteiger partial charge in [-0.25, -0.2) is 14.8 Å². The van der Waals surface area contributed by atoms with E-state index in [9.17, 15) is 14.4 Å². The molecule has 3 unspecified atom stereocenters. The fourth-order valence-electron chi connectivity index (χ4n) is 4.45. The summed E-state index contributed by atoms with van der Waals surface area (Å²) < 4.78 is 10.6. The number of anilines is 2. The van der Waals surface area contributed by atoms with Crippen LogP contribution < -0.4 is 9.96 Å². The van der Waals surface area contributed by atoms with Crippen LogP contribution in [0.5, 0.6) is 0 Å². The Morgan fingerprint density at radius 2 is 1.67 bits per heavy atom. The number of hydrogen-bond donors (Lipinski definition) is 0. The number of ether oxygens (including phenoxy) is 1. The summed E-state index contributed by atoms with van der Waals surface area (Å²) in [5.74, 6) is -0.880. The highest BCUT2D eigenvalue weighted by Crippen LogP contribution is 2.48. The van der Waals surface area contributed by atoms with E-state index in [1.165, 1.54) is 19.2 Å². The van der Waals surface area contributed by atoms with Crippen LogP contribution in [0.3, 0.4) is 0 Å². The number of para-hydroxylation sites is 1. The van der Waals surface area contributed by atoms with Gasteiger partial charge in [-0.15, -0.1) is 0 Å². The van der Waals surface area contributed by atoms with Gasteiger partial charge in [0.15, 0.2) is 6.10 Å². The molecular formula is C25H22N2O6. The number of carbonyl (C=O) groups is 3.